The van der Waals surface area contributed by atoms with Gasteiger partial charge >= 0.3 is 0 Å². The zero-order chi connectivity index (χ0) is 19.2. The van der Waals surface area contributed by atoms with Crippen molar-refractivity contribution in [3.8, 4) is 5.75 Å². The lowest BCUT2D eigenvalue weighted by Gasteiger charge is -2.27. The summed E-state index contributed by atoms with van der Waals surface area (Å²) in [4.78, 5) is 6.95. The van der Waals surface area contributed by atoms with E-state index < -0.39 is 0 Å². The van der Waals surface area contributed by atoms with E-state index in [1.165, 1.54) is 46.5 Å². The fourth-order valence-corrected chi connectivity index (χ4v) is 4.36. The van der Waals surface area contributed by atoms with Crippen molar-refractivity contribution in [1.29, 1.82) is 0 Å². The van der Waals surface area contributed by atoms with Crippen molar-refractivity contribution >= 4 is 22.2 Å². The third-order valence-electron chi connectivity index (χ3n) is 4.93. The van der Waals surface area contributed by atoms with Crippen LogP contribution in [0.1, 0.15) is 48.4 Å². The first-order valence-electron chi connectivity index (χ1n) is 9.90. The van der Waals surface area contributed by atoms with Crippen LogP contribution >= 0.6 is 11.3 Å². The van der Waals surface area contributed by atoms with E-state index in [1.807, 2.05) is 0 Å². The first kappa shape index (κ1) is 19.7. The van der Waals surface area contributed by atoms with Crippen LogP contribution in [0.2, 0.25) is 0 Å². The Hall–Kier alpha value is -2.01. The maximum Gasteiger partial charge on any atom is 0.135 e. The summed E-state index contributed by atoms with van der Waals surface area (Å²) in [5.74, 6) is 2.07. The van der Waals surface area contributed by atoms with Crippen LogP contribution in [0.3, 0.4) is 0 Å². The maximum atomic E-state index is 6.11. The number of nitrogens with one attached hydrogen (secondary N) is 1. The van der Waals surface area contributed by atoms with Crippen LogP contribution in [0.25, 0.3) is 0 Å². The number of rotatable bonds is 8. The second kappa shape index (κ2) is 9.27. The van der Waals surface area contributed by atoms with Gasteiger partial charge in [0.1, 0.15) is 23.2 Å². The van der Waals surface area contributed by atoms with E-state index in [4.69, 9.17) is 9.73 Å². The van der Waals surface area contributed by atoms with Gasteiger partial charge < -0.3 is 15.0 Å². The van der Waals surface area contributed by atoms with Crippen molar-refractivity contribution in [2.75, 3.05) is 32.2 Å². The van der Waals surface area contributed by atoms with Gasteiger partial charge in [-0.15, -0.1) is 11.3 Å². The van der Waals surface area contributed by atoms with Crippen LogP contribution in [0.4, 0.5) is 5.00 Å². The predicted molar refractivity (Wildman–Crippen MR) is 117 cm³/mol. The van der Waals surface area contributed by atoms with E-state index in [0.29, 0.717) is 13.2 Å². The summed E-state index contributed by atoms with van der Waals surface area (Å²) in [6, 6.07) is 6.69. The summed E-state index contributed by atoms with van der Waals surface area (Å²) in [5, 5.41) is 6.72. The van der Waals surface area contributed by atoms with Gasteiger partial charge in [-0.05, 0) is 54.8 Å². The molecule has 146 valence electrons. The van der Waals surface area contributed by atoms with Gasteiger partial charge in [0.05, 0.1) is 18.8 Å². The molecule has 1 aromatic carbocycles. The quantitative estimate of drug-likeness (QED) is 0.632. The predicted octanol–water partition coefficient (Wildman–Crippen LogP) is 5.24. The number of nitrogens with zero attached hydrogens (tertiary/aromatic N) is 2. The number of hydrogen-bond donors (Lipinski definition) is 1. The number of unbranched alkanes of at least 4 members (excludes halogenated alkanes) is 2. The molecule has 4 nitrogen and oxygen atoms in total. The Labute approximate surface area is 167 Å². The molecule has 0 spiro atoms. The largest absolute Gasteiger partial charge is 0.491 e. The van der Waals surface area contributed by atoms with Crippen molar-refractivity contribution in [1.82, 2.24) is 4.90 Å². The summed E-state index contributed by atoms with van der Waals surface area (Å²) >= 11 is 1.73. The molecule has 0 fully saturated rings. The first-order valence-corrected chi connectivity index (χ1v) is 10.8. The number of thiophene rings is 1. The van der Waals surface area contributed by atoms with E-state index >= 15 is 0 Å². The Bertz CT molecular complexity index is 774. The third-order valence-corrected chi connectivity index (χ3v) is 5.80. The van der Waals surface area contributed by atoms with Gasteiger partial charge in [-0.25, -0.2) is 0 Å². The number of aryl methyl sites for hydroxylation is 3. The Balaban J connectivity index is 1.59. The molecule has 2 aromatic rings. The molecule has 0 amide bonds. The summed E-state index contributed by atoms with van der Waals surface area (Å²) < 4.78 is 6.11. The number of anilines is 1. The zero-order valence-corrected chi connectivity index (χ0v) is 17.8. The average molecular weight is 386 g/mol. The lowest BCUT2D eigenvalue weighted by atomic mass is 10.0. The van der Waals surface area contributed by atoms with Gasteiger partial charge in [0.2, 0.25) is 0 Å². The van der Waals surface area contributed by atoms with Crippen LogP contribution in [0.5, 0.6) is 5.75 Å². The SMILES string of the molecule is CCCCCc1cc(C)c(OCCN=C2c3ccsc3NCN2C)c(C)c1. The fraction of sp³-hybridized carbons (Fsp3) is 0.500. The molecule has 0 bridgehead atoms. The Kier molecular flexibility index (Phi) is 6.78. The Morgan fingerprint density at radius 1 is 1.22 bits per heavy atom. The average Bonchev–Trinajstić information content (AvgIpc) is 3.11. The molecule has 0 saturated heterocycles. The number of amidine groups is 1. The van der Waals surface area contributed by atoms with E-state index in [-0.39, 0.29) is 0 Å². The molecule has 27 heavy (non-hydrogen) atoms. The molecule has 1 N–H and O–H groups in total. The Morgan fingerprint density at radius 3 is 2.74 bits per heavy atom. The smallest absolute Gasteiger partial charge is 0.135 e. The zero-order valence-electron chi connectivity index (χ0n) is 17.0. The van der Waals surface area contributed by atoms with Gasteiger partial charge in [-0.2, -0.15) is 0 Å². The molecule has 3 rings (SSSR count). The maximum absolute atomic E-state index is 6.11. The van der Waals surface area contributed by atoms with Gasteiger partial charge in [0.25, 0.3) is 0 Å². The van der Waals surface area contributed by atoms with Crippen molar-refractivity contribution in [2.24, 2.45) is 4.99 Å². The molecule has 2 heterocycles. The van der Waals surface area contributed by atoms with Crippen LogP contribution in [0, 0.1) is 13.8 Å². The van der Waals surface area contributed by atoms with Crippen LogP contribution in [-0.4, -0.2) is 37.6 Å². The monoisotopic (exact) mass is 385 g/mol. The summed E-state index contributed by atoms with van der Waals surface area (Å²) in [6.45, 7) is 8.60. The van der Waals surface area contributed by atoms with Crippen LogP contribution < -0.4 is 10.1 Å². The highest BCUT2D eigenvalue weighted by Crippen LogP contribution is 2.28. The van der Waals surface area contributed by atoms with E-state index in [1.54, 1.807) is 11.3 Å². The van der Waals surface area contributed by atoms with E-state index in [0.717, 1.165) is 24.7 Å². The number of benzene rings is 1. The third kappa shape index (κ3) is 4.83. The minimum atomic E-state index is 0.598. The van der Waals surface area contributed by atoms with Gasteiger partial charge in [-0.1, -0.05) is 31.9 Å². The molecular formula is C22H31N3OS. The minimum Gasteiger partial charge on any atom is -0.491 e. The summed E-state index contributed by atoms with van der Waals surface area (Å²) in [6.07, 6.45) is 4.99. The summed E-state index contributed by atoms with van der Waals surface area (Å²) in [7, 11) is 2.07. The number of aliphatic imine (C=N–C) groups is 1. The molecule has 0 atom stereocenters. The lowest BCUT2D eigenvalue weighted by Crippen LogP contribution is -2.37. The topological polar surface area (TPSA) is 36.9 Å². The van der Waals surface area contributed by atoms with Crippen molar-refractivity contribution in [3.05, 3.63) is 45.8 Å². The molecule has 0 radical (unpaired) electrons. The lowest BCUT2D eigenvalue weighted by molar-refractivity contribution is 0.323. The summed E-state index contributed by atoms with van der Waals surface area (Å²) in [5.41, 5.74) is 5.08. The van der Waals surface area contributed by atoms with Gasteiger partial charge in [-0.3, -0.25) is 4.99 Å². The second-order valence-corrected chi connectivity index (χ2v) is 8.18. The molecule has 0 saturated carbocycles. The minimum absolute atomic E-state index is 0.598. The Morgan fingerprint density at radius 2 is 2.00 bits per heavy atom. The highest BCUT2D eigenvalue weighted by molar-refractivity contribution is 7.14. The van der Waals surface area contributed by atoms with Gasteiger partial charge in [0.15, 0.2) is 0 Å². The molecular weight excluding hydrogens is 354 g/mol. The molecule has 1 aromatic heterocycles. The first-order chi connectivity index (χ1) is 13.1. The second-order valence-electron chi connectivity index (χ2n) is 7.27. The standard InChI is InChI=1S/C22H31N3OS/c1-5-6-7-8-18-13-16(2)20(17(3)14-18)26-11-10-23-21-19-9-12-27-22(19)24-15-25(21)4/h9,12-14,24H,5-8,10-11,15H2,1-4H3. The fourth-order valence-electron chi connectivity index (χ4n) is 3.59. The van der Waals surface area contributed by atoms with Crippen molar-refractivity contribution in [3.63, 3.8) is 0 Å². The number of fused-ring (bicyclic) bond motifs is 1. The molecule has 5 heteroatoms. The van der Waals surface area contributed by atoms with Gasteiger partial charge in [0, 0.05) is 7.05 Å². The highest BCUT2D eigenvalue weighted by atomic mass is 32.1. The highest BCUT2D eigenvalue weighted by Gasteiger charge is 2.19. The molecule has 0 aliphatic carbocycles. The normalized spacial score (nSPS) is 15.0. The van der Waals surface area contributed by atoms with E-state index in [2.05, 4.69) is 61.6 Å². The molecule has 1 aliphatic rings. The van der Waals surface area contributed by atoms with Crippen molar-refractivity contribution < 1.29 is 4.74 Å². The number of ether oxygens (including phenoxy) is 1. The van der Waals surface area contributed by atoms with Crippen LogP contribution in [-0.2, 0) is 6.42 Å². The molecule has 0 unspecified atom stereocenters. The number of hydrogen-bond acceptors (Lipinski definition) is 4. The van der Waals surface area contributed by atoms with Crippen LogP contribution in [0.15, 0.2) is 28.6 Å². The van der Waals surface area contributed by atoms with E-state index in [9.17, 15) is 0 Å². The molecule has 1 aliphatic heterocycles. The van der Waals surface area contributed by atoms with Crippen molar-refractivity contribution in [2.45, 2.75) is 46.5 Å².